The van der Waals surface area contributed by atoms with Crippen LogP contribution in [0.2, 0.25) is 0 Å². The minimum atomic E-state index is -0.748. The van der Waals surface area contributed by atoms with Gasteiger partial charge >= 0.3 is 5.97 Å². The first-order valence-corrected chi connectivity index (χ1v) is 8.31. The number of carboxylic acid groups (broad SMARTS) is 1. The molecule has 2 aliphatic rings. The number of amides is 1. The van der Waals surface area contributed by atoms with Gasteiger partial charge in [0.15, 0.2) is 0 Å². The Morgan fingerprint density at radius 3 is 2.67 bits per heavy atom. The van der Waals surface area contributed by atoms with Crippen molar-refractivity contribution < 1.29 is 14.7 Å². The Hall–Kier alpha value is -2.15. The number of nitrogens with zero attached hydrogens (tertiary/aromatic N) is 3. The molecule has 130 valence electrons. The molecule has 0 aromatic carbocycles. The number of aliphatic carboxylic acids is 1. The summed E-state index contributed by atoms with van der Waals surface area (Å²) in [5, 5.41) is 12.3. The van der Waals surface area contributed by atoms with Crippen molar-refractivity contribution in [2.45, 2.75) is 25.3 Å². The molecule has 3 heterocycles. The van der Waals surface area contributed by atoms with Crippen molar-refractivity contribution in [3.63, 3.8) is 0 Å². The maximum atomic E-state index is 12.8. The van der Waals surface area contributed by atoms with Crippen LogP contribution in [0.1, 0.15) is 29.6 Å². The fraction of sp³-hybridized carbons (Fsp3) is 0.588. The van der Waals surface area contributed by atoms with Gasteiger partial charge in [0.05, 0.1) is 5.56 Å². The number of carboxylic acids is 1. The molecule has 2 fully saturated rings. The summed E-state index contributed by atoms with van der Waals surface area (Å²) in [4.78, 5) is 32.1. The van der Waals surface area contributed by atoms with Crippen LogP contribution in [0.3, 0.4) is 0 Å². The third-order valence-corrected chi connectivity index (χ3v) is 5.41. The third-order valence-electron chi connectivity index (χ3n) is 5.41. The van der Waals surface area contributed by atoms with Crippen LogP contribution in [-0.2, 0) is 4.79 Å². The lowest BCUT2D eigenvalue weighted by Gasteiger charge is -2.39. The molecule has 0 radical (unpaired) electrons. The van der Waals surface area contributed by atoms with Gasteiger partial charge in [0.2, 0.25) is 0 Å². The number of aromatic nitrogens is 1. The van der Waals surface area contributed by atoms with Gasteiger partial charge in [-0.3, -0.25) is 14.5 Å². The number of hydrogen-bond acceptors (Lipinski definition) is 5. The molecule has 0 saturated carbocycles. The smallest absolute Gasteiger partial charge is 0.320 e. The second-order valence-electron chi connectivity index (χ2n) is 6.92. The van der Waals surface area contributed by atoms with E-state index < -0.39 is 12.0 Å². The van der Waals surface area contributed by atoms with Gasteiger partial charge in [-0.05, 0) is 43.9 Å². The van der Waals surface area contributed by atoms with Crippen molar-refractivity contribution in [3.05, 3.63) is 23.9 Å². The van der Waals surface area contributed by atoms with Gasteiger partial charge in [-0.15, -0.1) is 0 Å². The standard InChI is InChI=1S/C17H24N4O3/c1-18-14-12(4-3-7-19-14)15(22)21-8-5-17(6-9-21)10-13(16(23)24)20(2)11-17/h3-4,7,13H,5-6,8-11H2,1-2H3,(H,18,19)(H,23,24)/t13-/m0/s1. The molecule has 2 aliphatic heterocycles. The number of anilines is 1. The first-order valence-electron chi connectivity index (χ1n) is 8.31. The zero-order valence-corrected chi connectivity index (χ0v) is 14.2. The van der Waals surface area contributed by atoms with E-state index in [1.165, 1.54) is 0 Å². The second kappa shape index (κ2) is 6.39. The van der Waals surface area contributed by atoms with Crippen molar-refractivity contribution in [2.75, 3.05) is 39.0 Å². The van der Waals surface area contributed by atoms with Crippen LogP contribution in [0.4, 0.5) is 5.82 Å². The molecular formula is C17H24N4O3. The number of carbonyl (C=O) groups is 2. The van der Waals surface area contributed by atoms with E-state index in [-0.39, 0.29) is 11.3 Å². The number of carbonyl (C=O) groups excluding carboxylic acids is 1. The summed E-state index contributed by atoms with van der Waals surface area (Å²) in [5.41, 5.74) is 0.609. The minimum Gasteiger partial charge on any atom is -0.480 e. The zero-order chi connectivity index (χ0) is 17.3. The molecule has 0 aliphatic carbocycles. The number of likely N-dealkylation sites (tertiary alicyclic amines) is 2. The van der Waals surface area contributed by atoms with Crippen molar-refractivity contribution in [1.82, 2.24) is 14.8 Å². The molecule has 7 heteroatoms. The van der Waals surface area contributed by atoms with Crippen LogP contribution in [0, 0.1) is 5.41 Å². The van der Waals surface area contributed by atoms with E-state index in [4.69, 9.17) is 0 Å². The number of hydrogen-bond donors (Lipinski definition) is 2. The molecule has 2 N–H and O–H groups in total. The van der Waals surface area contributed by atoms with Gasteiger partial charge < -0.3 is 15.3 Å². The van der Waals surface area contributed by atoms with Gasteiger partial charge in [-0.25, -0.2) is 4.98 Å². The lowest BCUT2D eigenvalue weighted by atomic mass is 9.76. The molecule has 24 heavy (non-hydrogen) atoms. The predicted molar refractivity (Wildman–Crippen MR) is 90.0 cm³/mol. The van der Waals surface area contributed by atoms with Gasteiger partial charge in [-0.1, -0.05) is 0 Å². The SMILES string of the molecule is CNc1ncccc1C(=O)N1CCC2(CC1)C[C@@H](C(=O)O)N(C)C2. The lowest BCUT2D eigenvalue weighted by molar-refractivity contribution is -0.141. The van der Waals surface area contributed by atoms with E-state index in [1.807, 2.05) is 16.8 Å². The highest BCUT2D eigenvalue weighted by atomic mass is 16.4. The fourth-order valence-corrected chi connectivity index (χ4v) is 4.04. The number of nitrogens with one attached hydrogen (secondary N) is 1. The van der Waals surface area contributed by atoms with Crippen LogP contribution in [0.5, 0.6) is 0 Å². The largest absolute Gasteiger partial charge is 0.480 e. The highest BCUT2D eigenvalue weighted by Gasteiger charge is 2.47. The average molecular weight is 332 g/mol. The number of rotatable bonds is 3. The Morgan fingerprint density at radius 1 is 1.38 bits per heavy atom. The van der Waals surface area contributed by atoms with Gasteiger partial charge in [0.1, 0.15) is 11.9 Å². The molecule has 1 amide bonds. The predicted octanol–water partition coefficient (Wildman–Crippen LogP) is 1.13. The van der Waals surface area contributed by atoms with Crippen LogP contribution in [-0.4, -0.2) is 71.5 Å². The molecule has 1 aromatic rings. The first kappa shape index (κ1) is 16.7. The van der Waals surface area contributed by atoms with Crippen molar-refractivity contribution >= 4 is 17.7 Å². The Kier molecular flexibility index (Phi) is 4.45. The van der Waals surface area contributed by atoms with Crippen molar-refractivity contribution in [1.29, 1.82) is 0 Å². The maximum absolute atomic E-state index is 12.8. The molecule has 0 bridgehead atoms. The summed E-state index contributed by atoms with van der Waals surface area (Å²) in [6.45, 7) is 2.12. The van der Waals surface area contributed by atoms with Crippen LogP contribution < -0.4 is 5.32 Å². The Bertz CT molecular complexity index is 640. The van der Waals surface area contributed by atoms with E-state index in [1.54, 1.807) is 25.4 Å². The van der Waals surface area contributed by atoms with Crippen LogP contribution in [0.25, 0.3) is 0 Å². The van der Waals surface area contributed by atoms with E-state index >= 15 is 0 Å². The number of likely N-dealkylation sites (N-methyl/N-ethyl adjacent to an activating group) is 1. The Labute approximate surface area is 141 Å². The average Bonchev–Trinajstić information content (AvgIpc) is 2.91. The quantitative estimate of drug-likeness (QED) is 0.863. The first-order chi connectivity index (χ1) is 11.5. The fourth-order valence-electron chi connectivity index (χ4n) is 4.04. The normalized spacial score (nSPS) is 23.4. The van der Waals surface area contributed by atoms with E-state index in [9.17, 15) is 14.7 Å². The molecule has 2 saturated heterocycles. The van der Waals surface area contributed by atoms with Crippen LogP contribution in [0.15, 0.2) is 18.3 Å². The van der Waals surface area contributed by atoms with Crippen molar-refractivity contribution in [2.24, 2.45) is 5.41 Å². The summed E-state index contributed by atoms with van der Waals surface area (Å²) in [5.74, 6) is -0.167. The second-order valence-corrected chi connectivity index (χ2v) is 6.92. The van der Waals surface area contributed by atoms with Crippen molar-refractivity contribution in [3.8, 4) is 0 Å². The van der Waals surface area contributed by atoms with E-state index in [2.05, 4.69) is 10.3 Å². The van der Waals surface area contributed by atoms with E-state index in [0.717, 1.165) is 19.4 Å². The number of pyridine rings is 1. The van der Waals surface area contributed by atoms with Gasteiger partial charge in [0, 0.05) is 32.9 Å². The third kappa shape index (κ3) is 2.96. The highest BCUT2D eigenvalue weighted by Crippen LogP contribution is 2.43. The Morgan fingerprint density at radius 2 is 2.08 bits per heavy atom. The van der Waals surface area contributed by atoms with Crippen LogP contribution >= 0.6 is 0 Å². The Balaban J connectivity index is 1.67. The highest BCUT2D eigenvalue weighted by molar-refractivity contribution is 5.98. The summed E-state index contributed by atoms with van der Waals surface area (Å²) < 4.78 is 0. The molecule has 1 spiro atoms. The lowest BCUT2D eigenvalue weighted by Crippen LogP contribution is -2.44. The summed E-state index contributed by atoms with van der Waals surface area (Å²) >= 11 is 0. The molecule has 1 aromatic heterocycles. The molecule has 3 rings (SSSR count). The molecule has 1 atom stereocenters. The summed E-state index contributed by atoms with van der Waals surface area (Å²) in [6.07, 6.45) is 4.04. The molecule has 7 nitrogen and oxygen atoms in total. The summed E-state index contributed by atoms with van der Waals surface area (Å²) in [7, 11) is 3.63. The zero-order valence-electron chi connectivity index (χ0n) is 14.2. The maximum Gasteiger partial charge on any atom is 0.320 e. The van der Waals surface area contributed by atoms with Gasteiger partial charge in [-0.2, -0.15) is 0 Å². The topological polar surface area (TPSA) is 85.8 Å². The molecular weight excluding hydrogens is 308 g/mol. The summed E-state index contributed by atoms with van der Waals surface area (Å²) in [6, 6.07) is 3.15. The molecule has 0 unspecified atom stereocenters. The number of piperidine rings is 1. The monoisotopic (exact) mass is 332 g/mol. The van der Waals surface area contributed by atoms with Gasteiger partial charge in [0.25, 0.3) is 5.91 Å². The minimum absolute atomic E-state index is 0.0107. The van der Waals surface area contributed by atoms with E-state index in [0.29, 0.717) is 30.9 Å².